The summed E-state index contributed by atoms with van der Waals surface area (Å²) in [5.41, 5.74) is 3.38. The van der Waals surface area contributed by atoms with Crippen LogP contribution in [0.4, 0.5) is 0 Å². The number of ketones is 1. The molecule has 0 radical (unpaired) electrons. The molecular weight excluding hydrogens is 384 g/mol. The highest BCUT2D eigenvalue weighted by molar-refractivity contribution is 5.92. The molecular formula is C28H34O3. The van der Waals surface area contributed by atoms with Gasteiger partial charge in [-0.05, 0) is 72.2 Å². The molecule has 0 heterocycles. The monoisotopic (exact) mass is 418 g/mol. The van der Waals surface area contributed by atoms with Gasteiger partial charge in [0, 0.05) is 6.42 Å². The third-order valence-electron chi connectivity index (χ3n) is 5.53. The second kappa shape index (κ2) is 12.1. The zero-order chi connectivity index (χ0) is 21.9. The summed E-state index contributed by atoms with van der Waals surface area (Å²) in [6, 6.07) is 16.4. The molecule has 2 aromatic carbocycles. The molecule has 0 aromatic heterocycles. The van der Waals surface area contributed by atoms with Gasteiger partial charge in [-0.3, -0.25) is 4.79 Å². The first-order valence-electron chi connectivity index (χ1n) is 11.5. The van der Waals surface area contributed by atoms with Crippen molar-refractivity contribution in [1.29, 1.82) is 0 Å². The molecule has 1 aliphatic rings. The summed E-state index contributed by atoms with van der Waals surface area (Å²) in [4.78, 5) is 12.3. The zero-order valence-corrected chi connectivity index (χ0v) is 18.8. The van der Waals surface area contributed by atoms with Gasteiger partial charge in [-0.2, -0.15) is 0 Å². The van der Waals surface area contributed by atoms with E-state index in [1.165, 1.54) is 5.56 Å². The van der Waals surface area contributed by atoms with E-state index in [0.29, 0.717) is 6.42 Å². The number of rotatable bonds is 11. The Kier molecular flexibility index (Phi) is 8.96. The van der Waals surface area contributed by atoms with Crippen molar-refractivity contribution in [1.82, 2.24) is 0 Å². The number of carbonyl (C=O) groups is 1. The minimum atomic E-state index is 0.193. The quantitative estimate of drug-likeness (QED) is 0.364. The smallest absolute Gasteiger partial charge is 0.156 e. The van der Waals surface area contributed by atoms with Gasteiger partial charge in [-0.25, -0.2) is 0 Å². The molecule has 3 heteroatoms. The van der Waals surface area contributed by atoms with Crippen molar-refractivity contribution >= 4 is 11.9 Å². The standard InChI is InChI=1S/C28H34O3/c1-3-5-17-30-27-13-9-22(10-14-27)7-8-23-19-25(21-26(29)20-23)24-11-15-28(16-12-24)31-18-6-4-2/h7-16,20,25H,3-6,17-19,21H2,1-2H3/b8-7+/t25-/m0/s1. The van der Waals surface area contributed by atoms with Crippen LogP contribution in [0.25, 0.3) is 6.08 Å². The molecule has 0 amide bonds. The third kappa shape index (κ3) is 7.43. The largest absolute Gasteiger partial charge is 0.494 e. The Bertz CT molecular complexity index is 875. The highest BCUT2D eigenvalue weighted by atomic mass is 16.5. The topological polar surface area (TPSA) is 35.5 Å². The number of benzene rings is 2. The number of hydrogen-bond acceptors (Lipinski definition) is 3. The Balaban J connectivity index is 1.58. The van der Waals surface area contributed by atoms with Crippen molar-refractivity contribution in [2.24, 2.45) is 0 Å². The van der Waals surface area contributed by atoms with E-state index in [1.54, 1.807) is 6.08 Å². The lowest BCUT2D eigenvalue weighted by Crippen LogP contribution is -2.12. The van der Waals surface area contributed by atoms with E-state index in [0.717, 1.165) is 68.0 Å². The van der Waals surface area contributed by atoms with Gasteiger partial charge in [-0.15, -0.1) is 0 Å². The van der Waals surface area contributed by atoms with Crippen LogP contribution < -0.4 is 9.47 Å². The van der Waals surface area contributed by atoms with Crippen molar-refractivity contribution in [3.63, 3.8) is 0 Å². The molecule has 0 fully saturated rings. The van der Waals surface area contributed by atoms with Crippen LogP contribution in [0, 0.1) is 0 Å². The summed E-state index contributed by atoms with van der Waals surface area (Å²) in [6.07, 6.45) is 11.8. The molecule has 0 spiro atoms. The second-order valence-corrected chi connectivity index (χ2v) is 8.17. The van der Waals surface area contributed by atoms with Gasteiger partial charge in [0.2, 0.25) is 0 Å². The normalized spacial score (nSPS) is 16.4. The fraction of sp³-hybridized carbons (Fsp3) is 0.393. The van der Waals surface area contributed by atoms with Crippen LogP contribution in [0.15, 0.2) is 66.3 Å². The lowest BCUT2D eigenvalue weighted by atomic mass is 9.83. The van der Waals surface area contributed by atoms with Gasteiger partial charge >= 0.3 is 0 Å². The number of hydrogen-bond donors (Lipinski definition) is 0. The maximum atomic E-state index is 12.3. The molecule has 0 aliphatic heterocycles. The first-order chi connectivity index (χ1) is 15.2. The molecule has 3 nitrogen and oxygen atoms in total. The second-order valence-electron chi connectivity index (χ2n) is 8.17. The summed E-state index contributed by atoms with van der Waals surface area (Å²) in [5.74, 6) is 2.21. The van der Waals surface area contributed by atoms with Crippen LogP contribution in [-0.2, 0) is 4.79 Å². The Morgan fingerprint density at radius 1 is 0.806 bits per heavy atom. The summed E-state index contributed by atoms with van der Waals surface area (Å²) < 4.78 is 11.5. The average Bonchev–Trinajstić information content (AvgIpc) is 2.79. The van der Waals surface area contributed by atoms with E-state index in [4.69, 9.17) is 9.47 Å². The van der Waals surface area contributed by atoms with E-state index >= 15 is 0 Å². The van der Waals surface area contributed by atoms with Crippen molar-refractivity contribution in [3.05, 3.63) is 77.4 Å². The summed E-state index contributed by atoms with van der Waals surface area (Å²) in [5, 5.41) is 0. The minimum Gasteiger partial charge on any atom is -0.494 e. The number of ether oxygens (including phenoxy) is 2. The first-order valence-corrected chi connectivity index (χ1v) is 11.5. The Labute approximate surface area is 186 Å². The Morgan fingerprint density at radius 3 is 1.97 bits per heavy atom. The molecule has 0 unspecified atom stereocenters. The van der Waals surface area contributed by atoms with Crippen LogP contribution in [-0.4, -0.2) is 19.0 Å². The predicted octanol–water partition coefficient (Wildman–Crippen LogP) is 7.13. The molecule has 164 valence electrons. The molecule has 31 heavy (non-hydrogen) atoms. The lowest BCUT2D eigenvalue weighted by Gasteiger charge is -2.21. The van der Waals surface area contributed by atoms with Crippen LogP contribution in [0.1, 0.15) is 69.4 Å². The molecule has 0 saturated heterocycles. The predicted molar refractivity (Wildman–Crippen MR) is 128 cm³/mol. The Hall–Kier alpha value is -2.81. The van der Waals surface area contributed by atoms with Gasteiger partial charge in [0.15, 0.2) is 5.78 Å². The number of unbranched alkanes of at least 4 members (excludes halogenated alkanes) is 2. The molecule has 2 aromatic rings. The summed E-state index contributed by atoms with van der Waals surface area (Å²) in [6.45, 7) is 5.82. The molecule has 3 rings (SSSR count). The molecule has 0 bridgehead atoms. The van der Waals surface area contributed by atoms with E-state index < -0.39 is 0 Å². The van der Waals surface area contributed by atoms with Crippen LogP contribution >= 0.6 is 0 Å². The number of carbonyl (C=O) groups excluding carboxylic acids is 1. The minimum absolute atomic E-state index is 0.193. The highest BCUT2D eigenvalue weighted by Gasteiger charge is 2.21. The van der Waals surface area contributed by atoms with E-state index in [-0.39, 0.29) is 11.7 Å². The molecule has 1 aliphatic carbocycles. The van der Waals surface area contributed by atoms with Crippen molar-refractivity contribution in [2.75, 3.05) is 13.2 Å². The summed E-state index contributed by atoms with van der Waals surface area (Å²) in [7, 11) is 0. The highest BCUT2D eigenvalue weighted by Crippen LogP contribution is 2.33. The van der Waals surface area contributed by atoms with E-state index in [9.17, 15) is 4.79 Å². The van der Waals surface area contributed by atoms with Gasteiger partial charge in [-0.1, -0.05) is 63.1 Å². The van der Waals surface area contributed by atoms with Gasteiger partial charge < -0.3 is 9.47 Å². The van der Waals surface area contributed by atoms with Crippen LogP contribution in [0.5, 0.6) is 11.5 Å². The van der Waals surface area contributed by atoms with Gasteiger partial charge in [0.05, 0.1) is 13.2 Å². The fourth-order valence-corrected chi connectivity index (χ4v) is 3.66. The molecule has 1 atom stereocenters. The SMILES string of the molecule is CCCCOc1ccc(/C=C/C2=CC(=O)C[C@@H](c3ccc(OCCCC)cc3)C2)cc1. The molecule has 0 N–H and O–H groups in total. The van der Waals surface area contributed by atoms with Crippen LogP contribution in [0.3, 0.4) is 0 Å². The zero-order valence-electron chi connectivity index (χ0n) is 18.8. The van der Waals surface area contributed by atoms with Crippen molar-refractivity contribution in [2.45, 2.75) is 58.3 Å². The molecule has 0 saturated carbocycles. The maximum absolute atomic E-state index is 12.3. The first kappa shape index (κ1) is 22.9. The van der Waals surface area contributed by atoms with E-state index in [2.05, 4.69) is 50.3 Å². The fourth-order valence-electron chi connectivity index (χ4n) is 3.66. The average molecular weight is 419 g/mol. The lowest BCUT2D eigenvalue weighted by molar-refractivity contribution is -0.115. The van der Waals surface area contributed by atoms with Gasteiger partial charge in [0.1, 0.15) is 11.5 Å². The number of allylic oxidation sites excluding steroid dienone is 3. The maximum Gasteiger partial charge on any atom is 0.156 e. The van der Waals surface area contributed by atoms with E-state index in [1.807, 2.05) is 24.3 Å². The van der Waals surface area contributed by atoms with Crippen molar-refractivity contribution in [3.8, 4) is 11.5 Å². The van der Waals surface area contributed by atoms with Crippen molar-refractivity contribution < 1.29 is 14.3 Å². The van der Waals surface area contributed by atoms with Crippen LogP contribution in [0.2, 0.25) is 0 Å². The summed E-state index contributed by atoms with van der Waals surface area (Å²) >= 11 is 0. The third-order valence-corrected chi connectivity index (χ3v) is 5.53. The Morgan fingerprint density at radius 2 is 1.39 bits per heavy atom. The van der Waals surface area contributed by atoms with Gasteiger partial charge in [0.25, 0.3) is 0 Å².